The zero-order valence-electron chi connectivity index (χ0n) is 22.5. The standard InChI is InChI=1S/C29H33ClN6O4/c1-39-25-10-4-5-11-26(25)40-19-18-33-14-16-34(17-15-33)24-21-32-36(29(38)27(24)30)13-7-6-12-35-28(37)23-9-3-2-8-22(23)20-31-35/h2-5,8-11,20-21H,6-7,12-19H2,1H3. The minimum atomic E-state index is -0.298. The van der Waals surface area contributed by atoms with E-state index in [9.17, 15) is 9.59 Å². The molecule has 0 spiro atoms. The number of rotatable bonds is 11. The number of ether oxygens (including phenoxy) is 2. The van der Waals surface area contributed by atoms with Crippen molar-refractivity contribution in [3.8, 4) is 11.5 Å². The molecule has 1 aliphatic rings. The van der Waals surface area contributed by atoms with E-state index in [1.165, 1.54) is 9.36 Å². The summed E-state index contributed by atoms with van der Waals surface area (Å²) in [7, 11) is 1.63. The van der Waals surface area contributed by atoms with Gasteiger partial charge in [-0.15, -0.1) is 0 Å². The quantitative estimate of drug-likeness (QED) is 0.256. The van der Waals surface area contributed by atoms with Crippen molar-refractivity contribution in [3.05, 3.63) is 86.7 Å². The van der Waals surface area contributed by atoms with Crippen molar-refractivity contribution >= 4 is 28.1 Å². The highest BCUT2D eigenvalue weighted by atomic mass is 35.5. The summed E-state index contributed by atoms with van der Waals surface area (Å²) in [5.74, 6) is 1.46. The first-order chi connectivity index (χ1) is 19.5. The lowest BCUT2D eigenvalue weighted by atomic mass is 10.2. The number of fused-ring (bicyclic) bond motifs is 1. The molecule has 40 heavy (non-hydrogen) atoms. The molecule has 210 valence electrons. The topological polar surface area (TPSA) is 94.7 Å². The maximum absolute atomic E-state index is 12.9. The number of benzene rings is 2. The molecule has 0 bridgehead atoms. The molecule has 0 amide bonds. The summed E-state index contributed by atoms with van der Waals surface area (Å²) < 4.78 is 14.1. The third kappa shape index (κ3) is 6.29. The number of piperazine rings is 1. The molecule has 0 unspecified atom stereocenters. The average molecular weight is 565 g/mol. The van der Waals surface area contributed by atoms with Crippen LogP contribution in [0.5, 0.6) is 11.5 Å². The molecule has 1 saturated heterocycles. The third-order valence-electron chi connectivity index (χ3n) is 7.17. The molecule has 1 aliphatic heterocycles. The molecule has 2 aromatic carbocycles. The van der Waals surface area contributed by atoms with Crippen LogP contribution in [0.2, 0.25) is 5.02 Å². The van der Waals surface area contributed by atoms with Crippen LogP contribution in [-0.4, -0.2) is 70.9 Å². The van der Waals surface area contributed by atoms with Crippen molar-refractivity contribution in [1.82, 2.24) is 24.5 Å². The first kappa shape index (κ1) is 27.7. The number of para-hydroxylation sites is 2. The van der Waals surface area contributed by atoms with Gasteiger partial charge in [0.15, 0.2) is 11.5 Å². The van der Waals surface area contributed by atoms with E-state index in [4.69, 9.17) is 21.1 Å². The summed E-state index contributed by atoms with van der Waals surface area (Å²) in [5, 5.41) is 10.3. The van der Waals surface area contributed by atoms with Gasteiger partial charge in [-0.05, 0) is 31.0 Å². The average Bonchev–Trinajstić information content (AvgIpc) is 2.99. The van der Waals surface area contributed by atoms with E-state index in [2.05, 4.69) is 20.0 Å². The minimum Gasteiger partial charge on any atom is -0.493 e. The summed E-state index contributed by atoms with van der Waals surface area (Å²) in [6.45, 7) is 5.39. The first-order valence-electron chi connectivity index (χ1n) is 13.5. The SMILES string of the molecule is COc1ccccc1OCCN1CCN(c2cnn(CCCCn3ncc4ccccc4c3=O)c(=O)c2Cl)CC1. The van der Waals surface area contributed by atoms with Crippen LogP contribution in [0.3, 0.4) is 0 Å². The van der Waals surface area contributed by atoms with Crippen molar-refractivity contribution in [1.29, 1.82) is 0 Å². The molecule has 1 fully saturated rings. The van der Waals surface area contributed by atoms with E-state index >= 15 is 0 Å². The number of hydrogen-bond acceptors (Lipinski definition) is 8. The fourth-order valence-electron chi connectivity index (χ4n) is 4.88. The lowest BCUT2D eigenvalue weighted by Gasteiger charge is -2.36. The Labute approximate surface area is 237 Å². The maximum atomic E-state index is 12.9. The van der Waals surface area contributed by atoms with E-state index in [0.717, 1.165) is 49.6 Å². The summed E-state index contributed by atoms with van der Waals surface area (Å²) in [6, 6.07) is 15.0. The molecule has 0 atom stereocenters. The zero-order chi connectivity index (χ0) is 27.9. The van der Waals surface area contributed by atoms with Gasteiger partial charge in [0.1, 0.15) is 11.6 Å². The van der Waals surface area contributed by atoms with Crippen LogP contribution in [0, 0.1) is 0 Å². The molecule has 0 saturated carbocycles. The molecule has 2 aromatic heterocycles. The van der Waals surface area contributed by atoms with Gasteiger partial charge in [0, 0.05) is 51.2 Å². The Kier molecular flexibility index (Phi) is 8.98. The van der Waals surface area contributed by atoms with Gasteiger partial charge in [-0.2, -0.15) is 10.2 Å². The van der Waals surface area contributed by atoms with E-state index in [1.807, 2.05) is 42.5 Å². The maximum Gasteiger partial charge on any atom is 0.287 e. The Morgan fingerprint density at radius 1 is 0.800 bits per heavy atom. The van der Waals surface area contributed by atoms with Gasteiger partial charge in [0.2, 0.25) is 0 Å². The Bertz CT molecular complexity index is 1560. The fourth-order valence-corrected chi connectivity index (χ4v) is 5.15. The second-order valence-corrected chi connectivity index (χ2v) is 10.0. The molecule has 0 aliphatic carbocycles. The van der Waals surface area contributed by atoms with Crippen LogP contribution < -0.4 is 25.5 Å². The summed E-state index contributed by atoms with van der Waals surface area (Å²) >= 11 is 6.52. The Morgan fingerprint density at radius 2 is 1.45 bits per heavy atom. The number of unbranched alkanes of at least 4 members (excludes halogenated alkanes) is 1. The molecule has 11 heteroatoms. The molecule has 0 radical (unpaired) electrons. The van der Waals surface area contributed by atoms with E-state index in [1.54, 1.807) is 25.6 Å². The van der Waals surface area contributed by atoms with Crippen LogP contribution in [-0.2, 0) is 13.1 Å². The van der Waals surface area contributed by atoms with Gasteiger partial charge in [-0.25, -0.2) is 9.36 Å². The van der Waals surface area contributed by atoms with E-state index < -0.39 is 0 Å². The molecule has 0 N–H and O–H groups in total. The van der Waals surface area contributed by atoms with Crippen LogP contribution in [0.1, 0.15) is 12.8 Å². The highest BCUT2D eigenvalue weighted by Gasteiger charge is 2.21. The first-order valence-corrected chi connectivity index (χ1v) is 13.9. The smallest absolute Gasteiger partial charge is 0.287 e. The third-order valence-corrected chi connectivity index (χ3v) is 7.52. The fraction of sp³-hybridized carbons (Fsp3) is 0.379. The zero-order valence-corrected chi connectivity index (χ0v) is 23.3. The normalized spacial score (nSPS) is 14.0. The van der Waals surface area contributed by atoms with Crippen molar-refractivity contribution in [2.24, 2.45) is 0 Å². The largest absolute Gasteiger partial charge is 0.493 e. The summed E-state index contributed by atoms with van der Waals surface area (Å²) in [6.07, 6.45) is 4.73. The summed E-state index contributed by atoms with van der Waals surface area (Å²) in [4.78, 5) is 30.0. The number of halogens is 1. The van der Waals surface area contributed by atoms with Gasteiger partial charge < -0.3 is 14.4 Å². The second-order valence-electron chi connectivity index (χ2n) is 9.67. The Hall–Kier alpha value is -3.89. The number of hydrogen-bond donors (Lipinski definition) is 0. The molecule has 10 nitrogen and oxygen atoms in total. The lowest BCUT2D eigenvalue weighted by molar-refractivity contribution is 0.197. The number of anilines is 1. The molecule has 5 rings (SSSR count). The molecular weight excluding hydrogens is 532 g/mol. The van der Waals surface area contributed by atoms with Crippen molar-refractivity contribution in [3.63, 3.8) is 0 Å². The van der Waals surface area contributed by atoms with Crippen LogP contribution in [0.4, 0.5) is 5.69 Å². The number of methoxy groups -OCH3 is 1. The summed E-state index contributed by atoms with van der Waals surface area (Å²) in [5.41, 5.74) is 0.261. The van der Waals surface area contributed by atoms with Crippen molar-refractivity contribution < 1.29 is 9.47 Å². The monoisotopic (exact) mass is 564 g/mol. The Morgan fingerprint density at radius 3 is 2.20 bits per heavy atom. The van der Waals surface area contributed by atoms with Crippen LogP contribution in [0.15, 0.2) is 70.5 Å². The Balaban J connectivity index is 1.09. The van der Waals surface area contributed by atoms with Crippen molar-refractivity contribution in [2.45, 2.75) is 25.9 Å². The van der Waals surface area contributed by atoms with Crippen molar-refractivity contribution in [2.75, 3.05) is 51.3 Å². The number of aromatic nitrogens is 4. The molecule has 3 heterocycles. The predicted molar refractivity (Wildman–Crippen MR) is 156 cm³/mol. The lowest BCUT2D eigenvalue weighted by Crippen LogP contribution is -2.48. The number of aryl methyl sites for hydroxylation is 2. The van der Waals surface area contributed by atoms with Gasteiger partial charge in [0.25, 0.3) is 11.1 Å². The highest BCUT2D eigenvalue weighted by Crippen LogP contribution is 2.26. The van der Waals surface area contributed by atoms with Gasteiger partial charge in [-0.3, -0.25) is 14.5 Å². The van der Waals surface area contributed by atoms with Gasteiger partial charge >= 0.3 is 0 Å². The minimum absolute atomic E-state index is 0.107. The molecular formula is C29H33ClN6O4. The van der Waals surface area contributed by atoms with Gasteiger partial charge in [-0.1, -0.05) is 41.9 Å². The van der Waals surface area contributed by atoms with E-state index in [0.29, 0.717) is 43.6 Å². The van der Waals surface area contributed by atoms with E-state index in [-0.39, 0.29) is 16.1 Å². The van der Waals surface area contributed by atoms with Gasteiger partial charge in [0.05, 0.1) is 30.6 Å². The second kappa shape index (κ2) is 13.0. The molecule has 4 aromatic rings. The highest BCUT2D eigenvalue weighted by molar-refractivity contribution is 6.33. The predicted octanol–water partition coefficient (Wildman–Crippen LogP) is 3.30. The van der Waals surface area contributed by atoms with Crippen LogP contribution >= 0.6 is 11.6 Å². The number of nitrogens with zero attached hydrogens (tertiary/aromatic N) is 6. The van der Waals surface area contributed by atoms with Crippen LogP contribution in [0.25, 0.3) is 10.8 Å².